The molecule has 1 fully saturated rings. The van der Waals surface area contributed by atoms with E-state index in [1.165, 1.54) is 11.1 Å². The number of halogens is 1. The monoisotopic (exact) mass is 330 g/mol. The molecule has 0 amide bonds. The number of morpholine rings is 1. The number of benzene rings is 1. The van der Waals surface area contributed by atoms with Gasteiger partial charge in [0.1, 0.15) is 11.9 Å². The predicted octanol–water partition coefficient (Wildman–Crippen LogP) is 3.64. The molecule has 2 aromatic rings. The van der Waals surface area contributed by atoms with Gasteiger partial charge in [-0.3, -0.25) is 4.98 Å². The number of hydrogen-bond donors (Lipinski definition) is 0. The number of pyridine rings is 1. The standard InChI is InChI=1S/C18H19ClN2O2/c1-22-13-3-4-14-12(10-13)2-5-17-18(14)23-9-8-21(17)16-6-7-20-11-15(16)19/h3-4,6-7,10-11,17-18H,2,5,8-9H2,1H3. The summed E-state index contributed by atoms with van der Waals surface area (Å²) in [5, 5.41) is 0.702. The van der Waals surface area contributed by atoms with Crippen LogP contribution in [0.5, 0.6) is 5.75 Å². The first-order chi connectivity index (χ1) is 11.3. The van der Waals surface area contributed by atoms with E-state index in [9.17, 15) is 0 Å². The largest absolute Gasteiger partial charge is 0.497 e. The lowest BCUT2D eigenvalue weighted by atomic mass is 9.84. The van der Waals surface area contributed by atoms with E-state index in [0.717, 1.165) is 30.8 Å². The molecule has 1 aromatic heterocycles. The Labute approximate surface area is 141 Å². The molecule has 2 aliphatic rings. The maximum Gasteiger partial charge on any atom is 0.119 e. The van der Waals surface area contributed by atoms with E-state index in [1.807, 2.05) is 12.1 Å². The Morgan fingerprint density at radius 2 is 2.26 bits per heavy atom. The van der Waals surface area contributed by atoms with Crippen LogP contribution in [0.4, 0.5) is 5.69 Å². The van der Waals surface area contributed by atoms with Gasteiger partial charge in [0.2, 0.25) is 0 Å². The van der Waals surface area contributed by atoms with Crippen LogP contribution in [-0.2, 0) is 11.2 Å². The first kappa shape index (κ1) is 14.8. The van der Waals surface area contributed by atoms with Gasteiger partial charge in [-0.25, -0.2) is 0 Å². The van der Waals surface area contributed by atoms with Crippen LogP contribution in [0.15, 0.2) is 36.7 Å². The number of anilines is 1. The highest BCUT2D eigenvalue weighted by molar-refractivity contribution is 6.33. The molecule has 1 saturated heterocycles. The summed E-state index contributed by atoms with van der Waals surface area (Å²) in [4.78, 5) is 6.48. The van der Waals surface area contributed by atoms with Gasteiger partial charge in [0.05, 0.1) is 30.5 Å². The van der Waals surface area contributed by atoms with Crippen molar-refractivity contribution in [3.05, 3.63) is 52.8 Å². The summed E-state index contributed by atoms with van der Waals surface area (Å²) in [6.07, 6.45) is 5.67. The molecule has 2 atom stereocenters. The Hall–Kier alpha value is -1.78. The number of fused-ring (bicyclic) bond motifs is 3. The summed E-state index contributed by atoms with van der Waals surface area (Å²) >= 11 is 6.37. The van der Waals surface area contributed by atoms with Crippen molar-refractivity contribution in [3.8, 4) is 5.75 Å². The van der Waals surface area contributed by atoms with Crippen LogP contribution >= 0.6 is 11.6 Å². The summed E-state index contributed by atoms with van der Waals surface area (Å²) in [5.41, 5.74) is 3.65. The van der Waals surface area contributed by atoms with E-state index < -0.39 is 0 Å². The fraction of sp³-hybridized carbons (Fsp3) is 0.389. The van der Waals surface area contributed by atoms with E-state index in [0.29, 0.717) is 17.7 Å². The lowest BCUT2D eigenvalue weighted by Crippen LogP contribution is -2.49. The molecule has 23 heavy (non-hydrogen) atoms. The number of ether oxygens (including phenoxy) is 2. The molecule has 0 saturated carbocycles. The zero-order valence-corrected chi connectivity index (χ0v) is 13.8. The molecule has 4 rings (SSSR count). The summed E-state index contributed by atoms with van der Waals surface area (Å²) in [6, 6.07) is 8.59. The van der Waals surface area contributed by atoms with Gasteiger partial charge in [0.25, 0.3) is 0 Å². The van der Waals surface area contributed by atoms with Crippen molar-refractivity contribution in [2.45, 2.75) is 25.0 Å². The summed E-state index contributed by atoms with van der Waals surface area (Å²) < 4.78 is 11.5. The quantitative estimate of drug-likeness (QED) is 0.842. The van der Waals surface area contributed by atoms with Crippen LogP contribution in [-0.4, -0.2) is 31.3 Å². The maximum absolute atomic E-state index is 6.37. The fourth-order valence-electron chi connectivity index (χ4n) is 3.73. The summed E-state index contributed by atoms with van der Waals surface area (Å²) in [7, 11) is 1.71. The van der Waals surface area contributed by atoms with Crippen molar-refractivity contribution >= 4 is 17.3 Å². The average molecular weight is 331 g/mol. The molecule has 0 N–H and O–H groups in total. The third-order valence-corrected chi connectivity index (χ3v) is 5.10. The van der Waals surface area contributed by atoms with Crippen molar-refractivity contribution in [1.29, 1.82) is 0 Å². The highest BCUT2D eigenvalue weighted by atomic mass is 35.5. The Morgan fingerprint density at radius 1 is 1.35 bits per heavy atom. The SMILES string of the molecule is COc1ccc2c(c1)CCC1C2OCCN1c1ccncc1Cl. The first-order valence-corrected chi connectivity index (χ1v) is 8.30. The molecule has 4 nitrogen and oxygen atoms in total. The smallest absolute Gasteiger partial charge is 0.119 e. The van der Waals surface area contributed by atoms with E-state index in [4.69, 9.17) is 21.1 Å². The van der Waals surface area contributed by atoms with E-state index in [1.54, 1.807) is 19.5 Å². The van der Waals surface area contributed by atoms with Gasteiger partial charge in [-0.05, 0) is 42.2 Å². The maximum atomic E-state index is 6.37. The van der Waals surface area contributed by atoms with Gasteiger partial charge >= 0.3 is 0 Å². The Bertz CT molecular complexity index is 722. The van der Waals surface area contributed by atoms with Crippen molar-refractivity contribution < 1.29 is 9.47 Å². The second-order valence-electron chi connectivity index (χ2n) is 5.98. The molecule has 1 aromatic carbocycles. The van der Waals surface area contributed by atoms with Crippen molar-refractivity contribution in [2.24, 2.45) is 0 Å². The van der Waals surface area contributed by atoms with Crippen LogP contribution in [0.3, 0.4) is 0 Å². The van der Waals surface area contributed by atoms with Gasteiger partial charge in [0, 0.05) is 18.9 Å². The molecule has 0 spiro atoms. The lowest BCUT2D eigenvalue weighted by molar-refractivity contribution is 0.00269. The molecule has 1 aliphatic carbocycles. The minimum Gasteiger partial charge on any atom is -0.497 e. The molecule has 2 heterocycles. The molecule has 120 valence electrons. The number of rotatable bonds is 2. The zero-order chi connectivity index (χ0) is 15.8. The Morgan fingerprint density at radius 3 is 3.09 bits per heavy atom. The van der Waals surface area contributed by atoms with Gasteiger partial charge < -0.3 is 14.4 Å². The minimum atomic E-state index is 0.0858. The Kier molecular flexibility index (Phi) is 3.87. The number of nitrogens with zero attached hydrogens (tertiary/aromatic N) is 2. The van der Waals surface area contributed by atoms with E-state index >= 15 is 0 Å². The highest BCUT2D eigenvalue weighted by Gasteiger charge is 2.38. The molecule has 2 unspecified atom stereocenters. The van der Waals surface area contributed by atoms with Gasteiger partial charge in [0.15, 0.2) is 0 Å². The van der Waals surface area contributed by atoms with Crippen LogP contribution in [0, 0.1) is 0 Å². The number of hydrogen-bond acceptors (Lipinski definition) is 4. The third-order valence-electron chi connectivity index (χ3n) is 4.81. The van der Waals surface area contributed by atoms with E-state index in [2.05, 4.69) is 22.0 Å². The molecule has 0 bridgehead atoms. The highest BCUT2D eigenvalue weighted by Crippen LogP contribution is 2.41. The van der Waals surface area contributed by atoms with Gasteiger partial charge in [-0.2, -0.15) is 0 Å². The molecular weight excluding hydrogens is 312 g/mol. The average Bonchev–Trinajstić information content (AvgIpc) is 2.61. The fourth-order valence-corrected chi connectivity index (χ4v) is 3.96. The summed E-state index contributed by atoms with van der Waals surface area (Å²) in [5.74, 6) is 0.909. The van der Waals surface area contributed by atoms with Crippen LogP contribution in [0.1, 0.15) is 23.7 Å². The molecule has 1 aliphatic heterocycles. The van der Waals surface area contributed by atoms with Crippen LogP contribution in [0.2, 0.25) is 5.02 Å². The van der Waals surface area contributed by atoms with Crippen LogP contribution < -0.4 is 9.64 Å². The van der Waals surface area contributed by atoms with E-state index in [-0.39, 0.29) is 6.10 Å². The second-order valence-corrected chi connectivity index (χ2v) is 6.39. The second kappa shape index (κ2) is 6.02. The molecule has 5 heteroatoms. The lowest BCUT2D eigenvalue weighted by Gasteiger charge is -2.46. The number of aromatic nitrogens is 1. The predicted molar refractivity (Wildman–Crippen MR) is 90.4 cm³/mol. The van der Waals surface area contributed by atoms with Gasteiger partial charge in [-0.15, -0.1) is 0 Å². The van der Waals surface area contributed by atoms with Crippen molar-refractivity contribution in [3.63, 3.8) is 0 Å². The van der Waals surface area contributed by atoms with Crippen LogP contribution in [0.25, 0.3) is 0 Å². The Balaban J connectivity index is 1.69. The third kappa shape index (κ3) is 2.56. The number of methoxy groups -OCH3 is 1. The zero-order valence-electron chi connectivity index (χ0n) is 13.0. The normalized spacial score (nSPS) is 23.1. The summed E-state index contributed by atoms with van der Waals surface area (Å²) in [6.45, 7) is 1.56. The first-order valence-electron chi connectivity index (χ1n) is 7.92. The molecular formula is C18H19ClN2O2. The number of aryl methyl sites for hydroxylation is 1. The van der Waals surface area contributed by atoms with Crippen molar-refractivity contribution in [1.82, 2.24) is 4.98 Å². The van der Waals surface area contributed by atoms with Crippen molar-refractivity contribution in [2.75, 3.05) is 25.2 Å². The topological polar surface area (TPSA) is 34.6 Å². The minimum absolute atomic E-state index is 0.0858. The molecule has 0 radical (unpaired) electrons. The van der Waals surface area contributed by atoms with Gasteiger partial charge in [-0.1, -0.05) is 17.7 Å².